The first kappa shape index (κ1) is 20.2. The molecule has 4 aromatic rings. The molecule has 0 bridgehead atoms. The third-order valence-corrected chi connectivity index (χ3v) is 4.68. The number of nitro benzene ring substituents is 1. The van der Waals surface area contributed by atoms with Gasteiger partial charge in [-0.3, -0.25) is 20.2 Å². The number of non-ortho nitro benzene ring substituents is 1. The van der Waals surface area contributed by atoms with Gasteiger partial charge in [-0.05, 0) is 67.2 Å². The molecule has 4 rings (SSSR count). The average Bonchev–Trinajstić information content (AvgIpc) is 3.17. The number of nitrogens with one attached hydrogen (secondary N) is 2. The van der Waals surface area contributed by atoms with Gasteiger partial charge >= 0.3 is 0 Å². The quantitative estimate of drug-likeness (QED) is 0.270. The number of hydrogen-bond donors (Lipinski definition) is 2. The third kappa shape index (κ3) is 4.57. The predicted molar refractivity (Wildman–Crippen MR) is 121 cm³/mol. The fraction of sp³-hybridized carbons (Fsp3) is 0.0455. The number of thiocarbonyl (C=S) groups is 1. The lowest BCUT2D eigenvalue weighted by Crippen LogP contribution is -2.34. The monoisotopic (exact) mass is 432 g/mol. The van der Waals surface area contributed by atoms with Crippen LogP contribution >= 0.6 is 12.2 Å². The van der Waals surface area contributed by atoms with Crippen LogP contribution in [0.25, 0.3) is 22.6 Å². The smallest absolute Gasteiger partial charge is 0.269 e. The SMILES string of the molecule is Cc1ccc2oc(-c3cccc(NC(=S)NC(=O)c4ccc([N+](=O)[O-])cc4)c3)nc2c1. The first-order chi connectivity index (χ1) is 14.9. The van der Waals surface area contributed by atoms with Gasteiger partial charge in [-0.15, -0.1) is 0 Å². The molecule has 31 heavy (non-hydrogen) atoms. The first-order valence-electron chi connectivity index (χ1n) is 9.23. The number of rotatable bonds is 4. The summed E-state index contributed by atoms with van der Waals surface area (Å²) in [6.07, 6.45) is 0. The van der Waals surface area contributed by atoms with Crippen LogP contribution in [0.2, 0.25) is 0 Å². The lowest BCUT2D eigenvalue weighted by molar-refractivity contribution is -0.384. The van der Waals surface area contributed by atoms with Crippen LogP contribution in [0.5, 0.6) is 0 Å². The number of nitrogens with zero attached hydrogens (tertiary/aromatic N) is 2. The molecular formula is C22H16N4O4S. The minimum absolute atomic E-state index is 0.0914. The Morgan fingerprint density at radius 2 is 1.87 bits per heavy atom. The van der Waals surface area contributed by atoms with Crippen LogP contribution in [-0.2, 0) is 0 Å². The Morgan fingerprint density at radius 1 is 1.10 bits per heavy atom. The van der Waals surface area contributed by atoms with Crippen LogP contribution in [0.15, 0.2) is 71.1 Å². The molecule has 0 unspecified atom stereocenters. The number of hydrogen-bond acceptors (Lipinski definition) is 6. The Kier molecular flexibility index (Phi) is 5.42. The number of aromatic nitrogens is 1. The Hall–Kier alpha value is -4.11. The summed E-state index contributed by atoms with van der Waals surface area (Å²) in [5, 5.41) is 16.3. The molecule has 0 spiro atoms. The number of carbonyl (C=O) groups excluding carboxylic acids is 1. The molecule has 0 radical (unpaired) electrons. The van der Waals surface area contributed by atoms with E-state index in [1.54, 1.807) is 6.07 Å². The maximum absolute atomic E-state index is 12.3. The highest BCUT2D eigenvalue weighted by Crippen LogP contribution is 2.26. The summed E-state index contributed by atoms with van der Waals surface area (Å²) in [6, 6.07) is 18.3. The molecule has 0 atom stereocenters. The van der Waals surface area contributed by atoms with Gasteiger partial charge in [0.25, 0.3) is 11.6 Å². The zero-order chi connectivity index (χ0) is 22.0. The molecule has 0 saturated heterocycles. The summed E-state index contributed by atoms with van der Waals surface area (Å²) in [7, 11) is 0. The van der Waals surface area contributed by atoms with Crippen molar-refractivity contribution >= 4 is 45.7 Å². The van der Waals surface area contributed by atoms with E-state index in [1.807, 2.05) is 43.3 Å². The van der Waals surface area contributed by atoms with E-state index in [2.05, 4.69) is 15.6 Å². The van der Waals surface area contributed by atoms with Gasteiger partial charge in [0.05, 0.1) is 4.92 Å². The van der Waals surface area contributed by atoms with E-state index < -0.39 is 10.8 Å². The van der Waals surface area contributed by atoms with Crippen LogP contribution in [0, 0.1) is 17.0 Å². The summed E-state index contributed by atoms with van der Waals surface area (Å²) in [5.41, 5.74) is 4.13. The molecule has 1 heterocycles. The van der Waals surface area contributed by atoms with Crippen LogP contribution in [-0.4, -0.2) is 20.9 Å². The average molecular weight is 432 g/mol. The zero-order valence-corrected chi connectivity index (χ0v) is 17.1. The van der Waals surface area contributed by atoms with E-state index >= 15 is 0 Å². The van der Waals surface area contributed by atoms with Crippen molar-refractivity contribution in [2.24, 2.45) is 0 Å². The van der Waals surface area contributed by atoms with E-state index in [9.17, 15) is 14.9 Å². The van der Waals surface area contributed by atoms with Gasteiger partial charge in [-0.1, -0.05) is 12.1 Å². The Balaban J connectivity index is 1.46. The molecule has 0 aliphatic carbocycles. The zero-order valence-electron chi connectivity index (χ0n) is 16.3. The van der Waals surface area contributed by atoms with Crippen molar-refractivity contribution in [1.82, 2.24) is 10.3 Å². The molecule has 9 heteroatoms. The molecular weight excluding hydrogens is 416 g/mol. The minimum atomic E-state index is -0.529. The fourth-order valence-corrected chi connectivity index (χ4v) is 3.17. The van der Waals surface area contributed by atoms with E-state index in [0.717, 1.165) is 16.6 Å². The second kappa shape index (κ2) is 8.33. The molecule has 1 aromatic heterocycles. The molecule has 3 aromatic carbocycles. The summed E-state index contributed by atoms with van der Waals surface area (Å²) in [4.78, 5) is 27.0. The Bertz CT molecular complexity index is 1310. The molecule has 0 aliphatic rings. The van der Waals surface area contributed by atoms with E-state index in [0.29, 0.717) is 17.2 Å². The summed E-state index contributed by atoms with van der Waals surface area (Å²) in [5.74, 6) is 0.00274. The second-order valence-corrected chi connectivity index (χ2v) is 7.19. The number of amides is 1. The van der Waals surface area contributed by atoms with Crippen molar-refractivity contribution < 1.29 is 14.1 Å². The highest BCUT2D eigenvalue weighted by atomic mass is 32.1. The highest BCUT2D eigenvalue weighted by molar-refractivity contribution is 7.80. The van der Waals surface area contributed by atoms with Gasteiger partial charge in [0.1, 0.15) is 5.52 Å². The van der Waals surface area contributed by atoms with Crippen LogP contribution in [0.3, 0.4) is 0 Å². The number of benzene rings is 3. The van der Waals surface area contributed by atoms with Crippen molar-refractivity contribution in [1.29, 1.82) is 0 Å². The standard InChI is InChI=1S/C22H16N4O4S/c1-13-5-10-19-18(11-13)24-21(30-19)15-3-2-4-16(12-15)23-22(31)25-20(27)14-6-8-17(9-7-14)26(28)29/h2-12H,1H3,(H2,23,25,27,31). The largest absolute Gasteiger partial charge is 0.436 e. The number of nitro groups is 1. The van der Waals surface area contributed by atoms with Crippen molar-refractivity contribution in [2.75, 3.05) is 5.32 Å². The second-order valence-electron chi connectivity index (χ2n) is 6.78. The summed E-state index contributed by atoms with van der Waals surface area (Å²) in [6.45, 7) is 1.99. The molecule has 154 valence electrons. The minimum Gasteiger partial charge on any atom is -0.436 e. The van der Waals surface area contributed by atoms with Gasteiger partial charge in [-0.25, -0.2) is 4.98 Å². The third-order valence-electron chi connectivity index (χ3n) is 4.48. The maximum atomic E-state index is 12.3. The number of fused-ring (bicyclic) bond motifs is 1. The lowest BCUT2D eigenvalue weighted by atomic mass is 10.2. The van der Waals surface area contributed by atoms with E-state index in [-0.39, 0.29) is 16.4 Å². The van der Waals surface area contributed by atoms with E-state index in [4.69, 9.17) is 16.6 Å². The van der Waals surface area contributed by atoms with Crippen LogP contribution in [0.4, 0.5) is 11.4 Å². The Morgan fingerprint density at radius 3 is 2.61 bits per heavy atom. The number of aryl methyl sites for hydroxylation is 1. The number of carbonyl (C=O) groups is 1. The first-order valence-corrected chi connectivity index (χ1v) is 9.64. The van der Waals surface area contributed by atoms with Crippen LogP contribution in [0.1, 0.15) is 15.9 Å². The lowest BCUT2D eigenvalue weighted by Gasteiger charge is -2.10. The molecule has 0 saturated carbocycles. The highest BCUT2D eigenvalue weighted by Gasteiger charge is 2.12. The van der Waals surface area contributed by atoms with Gasteiger partial charge in [-0.2, -0.15) is 0 Å². The van der Waals surface area contributed by atoms with Crippen molar-refractivity contribution in [3.8, 4) is 11.5 Å². The molecule has 2 N–H and O–H groups in total. The van der Waals surface area contributed by atoms with Gasteiger partial charge in [0, 0.05) is 28.9 Å². The van der Waals surface area contributed by atoms with Gasteiger partial charge in [0.15, 0.2) is 10.7 Å². The van der Waals surface area contributed by atoms with E-state index in [1.165, 1.54) is 24.3 Å². The summed E-state index contributed by atoms with van der Waals surface area (Å²) >= 11 is 5.22. The number of anilines is 1. The molecule has 0 aliphatic heterocycles. The van der Waals surface area contributed by atoms with Crippen molar-refractivity contribution in [3.05, 3.63) is 88.0 Å². The topological polar surface area (TPSA) is 110 Å². The number of oxazole rings is 1. The molecule has 8 nitrogen and oxygen atoms in total. The normalized spacial score (nSPS) is 10.6. The summed E-state index contributed by atoms with van der Waals surface area (Å²) < 4.78 is 5.83. The van der Waals surface area contributed by atoms with Gasteiger partial charge < -0.3 is 9.73 Å². The van der Waals surface area contributed by atoms with Crippen molar-refractivity contribution in [3.63, 3.8) is 0 Å². The molecule has 1 amide bonds. The van der Waals surface area contributed by atoms with Gasteiger partial charge in [0.2, 0.25) is 5.89 Å². The molecule has 0 fully saturated rings. The van der Waals surface area contributed by atoms with Crippen molar-refractivity contribution in [2.45, 2.75) is 6.92 Å². The maximum Gasteiger partial charge on any atom is 0.269 e. The fourth-order valence-electron chi connectivity index (χ4n) is 2.96. The Labute approximate surface area is 182 Å². The predicted octanol–water partition coefficient (Wildman–Crippen LogP) is 4.84. The van der Waals surface area contributed by atoms with Crippen LogP contribution < -0.4 is 10.6 Å².